The zero-order chi connectivity index (χ0) is 12.3. The van der Waals surface area contributed by atoms with E-state index in [9.17, 15) is 0 Å². The van der Waals surface area contributed by atoms with Crippen LogP contribution in [-0.4, -0.2) is 0 Å². The van der Waals surface area contributed by atoms with Crippen LogP contribution in [0.2, 0.25) is 5.02 Å². The Labute approximate surface area is 110 Å². The van der Waals surface area contributed by atoms with Crippen LogP contribution in [0.25, 0.3) is 0 Å². The lowest BCUT2D eigenvalue weighted by molar-refractivity contribution is 0.646. The Balaban J connectivity index is 2.29. The number of halogens is 1. The van der Waals surface area contributed by atoms with Crippen molar-refractivity contribution < 1.29 is 0 Å². The largest absolute Gasteiger partial charge is 0.271 e. The molecule has 0 saturated heterocycles. The monoisotopic (exact) mass is 266 g/mol. The first-order valence-corrected chi connectivity index (χ1v) is 6.74. The summed E-state index contributed by atoms with van der Waals surface area (Å²) >= 11 is 7.67. The van der Waals surface area contributed by atoms with Gasteiger partial charge in [0, 0.05) is 14.8 Å². The van der Waals surface area contributed by atoms with Crippen molar-refractivity contribution >= 4 is 22.9 Å². The Morgan fingerprint density at radius 1 is 1.24 bits per heavy atom. The van der Waals surface area contributed by atoms with E-state index in [0.717, 1.165) is 17.0 Å². The molecule has 4 heteroatoms. The number of rotatable bonds is 4. The SMILES string of the molecule is CCc1ccc(C(NN)c2ccc(Cl)cc2)s1. The molecule has 1 heterocycles. The van der Waals surface area contributed by atoms with E-state index in [4.69, 9.17) is 17.4 Å². The van der Waals surface area contributed by atoms with E-state index in [0.29, 0.717) is 0 Å². The Bertz CT molecular complexity index is 478. The molecule has 0 aliphatic carbocycles. The van der Waals surface area contributed by atoms with Gasteiger partial charge in [0.2, 0.25) is 0 Å². The summed E-state index contributed by atoms with van der Waals surface area (Å²) in [6, 6.07) is 12.1. The molecule has 2 nitrogen and oxygen atoms in total. The molecule has 17 heavy (non-hydrogen) atoms. The van der Waals surface area contributed by atoms with Crippen LogP contribution in [0.3, 0.4) is 0 Å². The average Bonchev–Trinajstić information content (AvgIpc) is 2.81. The van der Waals surface area contributed by atoms with E-state index < -0.39 is 0 Å². The summed E-state index contributed by atoms with van der Waals surface area (Å²) in [5.41, 5.74) is 3.99. The highest BCUT2D eigenvalue weighted by Gasteiger charge is 2.14. The minimum atomic E-state index is 0.0394. The molecule has 2 aromatic rings. The molecule has 0 bridgehead atoms. The van der Waals surface area contributed by atoms with E-state index in [2.05, 4.69) is 24.5 Å². The molecule has 1 aromatic carbocycles. The van der Waals surface area contributed by atoms with Crippen molar-refractivity contribution in [2.75, 3.05) is 0 Å². The number of benzene rings is 1. The van der Waals surface area contributed by atoms with Gasteiger partial charge in [0.1, 0.15) is 0 Å². The highest BCUT2D eigenvalue weighted by atomic mass is 35.5. The molecule has 2 rings (SSSR count). The van der Waals surface area contributed by atoms with Crippen molar-refractivity contribution in [1.29, 1.82) is 0 Å². The van der Waals surface area contributed by atoms with Gasteiger partial charge in [0.25, 0.3) is 0 Å². The van der Waals surface area contributed by atoms with Gasteiger partial charge in [-0.25, -0.2) is 5.43 Å². The third kappa shape index (κ3) is 2.87. The van der Waals surface area contributed by atoms with Crippen molar-refractivity contribution in [1.82, 2.24) is 5.43 Å². The fourth-order valence-electron chi connectivity index (χ4n) is 1.74. The highest BCUT2D eigenvalue weighted by molar-refractivity contribution is 7.12. The summed E-state index contributed by atoms with van der Waals surface area (Å²) in [6.07, 6.45) is 1.06. The topological polar surface area (TPSA) is 38.0 Å². The summed E-state index contributed by atoms with van der Waals surface area (Å²) in [6.45, 7) is 2.16. The van der Waals surface area contributed by atoms with Crippen LogP contribution < -0.4 is 11.3 Å². The molecule has 90 valence electrons. The van der Waals surface area contributed by atoms with Crippen molar-refractivity contribution in [2.24, 2.45) is 5.84 Å². The smallest absolute Gasteiger partial charge is 0.0802 e. The van der Waals surface area contributed by atoms with Gasteiger partial charge in [-0.05, 0) is 36.2 Å². The van der Waals surface area contributed by atoms with Crippen molar-refractivity contribution in [3.05, 3.63) is 56.7 Å². The summed E-state index contributed by atoms with van der Waals surface area (Å²) < 4.78 is 0. The van der Waals surface area contributed by atoms with Gasteiger partial charge in [-0.15, -0.1) is 11.3 Å². The standard InChI is InChI=1S/C13H15ClN2S/c1-2-11-7-8-12(17-11)13(16-15)9-3-5-10(14)6-4-9/h3-8,13,16H,2,15H2,1H3. The van der Waals surface area contributed by atoms with Gasteiger partial charge in [0.05, 0.1) is 6.04 Å². The van der Waals surface area contributed by atoms with Crippen LogP contribution in [0.15, 0.2) is 36.4 Å². The Morgan fingerprint density at radius 3 is 2.47 bits per heavy atom. The molecule has 0 amide bonds. The zero-order valence-electron chi connectivity index (χ0n) is 9.61. The van der Waals surface area contributed by atoms with E-state index in [1.807, 2.05) is 24.3 Å². The molecule has 0 aliphatic heterocycles. The van der Waals surface area contributed by atoms with Crippen LogP contribution >= 0.6 is 22.9 Å². The second-order valence-corrected chi connectivity index (χ2v) is 5.45. The molecular formula is C13H15ClN2S. The molecule has 1 unspecified atom stereocenters. The summed E-state index contributed by atoms with van der Waals surface area (Å²) in [5, 5.41) is 0.741. The number of thiophene rings is 1. The Morgan fingerprint density at radius 2 is 1.94 bits per heavy atom. The van der Waals surface area contributed by atoms with Gasteiger partial charge in [0.15, 0.2) is 0 Å². The van der Waals surface area contributed by atoms with Crippen LogP contribution in [-0.2, 0) is 6.42 Å². The molecule has 0 aliphatic rings. The van der Waals surface area contributed by atoms with Gasteiger partial charge < -0.3 is 0 Å². The fourth-order valence-corrected chi connectivity index (χ4v) is 2.90. The average molecular weight is 267 g/mol. The molecule has 0 saturated carbocycles. The second kappa shape index (κ2) is 5.65. The predicted molar refractivity (Wildman–Crippen MR) is 74.3 cm³/mol. The zero-order valence-corrected chi connectivity index (χ0v) is 11.2. The Kier molecular flexibility index (Phi) is 4.18. The number of nitrogens with two attached hydrogens (primary N) is 1. The summed E-state index contributed by atoms with van der Waals surface area (Å²) in [5.74, 6) is 5.65. The van der Waals surface area contributed by atoms with Gasteiger partial charge in [-0.1, -0.05) is 30.7 Å². The van der Waals surface area contributed by atoms with Gasteiger partial charge in [-0.3, -0.25) is 5.84 Å². The van der Waals surface area contributed by atoms with Gasteiger partial charge in [-0.2, -0.15) is 0 Å². The van der Waals surface area contributed by atoms with Crippen molar-refractivity contribution in [3.8, 4) is 0 Å². The summed E-state index contributed by atoms with van der Waals surface area (Å²) in [4.78, 5) is 2.60. The minimum Gasteiger partial charge on any atom is -0.271 e. The lowest BCUT2D eigenvalue weighted by Crippen LogP contribution is -2.28. The van der Waals surface area contributed by atoms with E-state index in [-0.39, 0.29) is 6.04 Å². The van der Waals surface area contributed by atoms with Crippen molar-refractivity contribution in [3.63, 3.8) is 0 Å². The van der Waals surface area contributed by atoms with E-state index in [1.165, 1.54) is 9.75 Å². The molecule has 0 fully saturated rings. The third-order valence-electron chi connectivity index (χ3n) is 2.69. The minimum absolute atomic E-state index is 0.0394. The van der Waals surface area contributed by atoms with Crippen LogP contribution in [0.4, 0.5) is 0 Å². The normalized spacial score (nSPS) is 12.6. The first-order chi connectivity index (χ1) is 8.24. The number of hydrogen-bond donors (Lipinski definition) is 2. The van der Waals surface area contributed by atoms with Crippen LogP contribution in [0.1, 0.15) is 28.3 Å². The lowest BCUT2D eigenvalue weighted by Gasteiger charge is -2.14. The number of nitrogens with one attached hydrogen (secondary N) is 1. The second-order valence-electron chi connectivity index (χ2n) is 3.81. The first-order valence-electron chi connectivity index (χ1n) is 5.54. The number of hydrogen-bond acceptors (Lipinski definition) is 3. The van der Waals surface area contributed by atoms with E-state index >= 15 is 0 Å². The maximum absolute atomic E-state index is 5.88. The molecule has 0 spiro atoms. The van der Waals surface area contributed by atoms with Gasteiger partial charge >= 0.3 is 0 Å². The molecular weight excluding hydrogens is 252 g/mol. The van der Waals surface area contributed by atoms with Crippen LogP contribution in [0.5, 0.6) is 0 Å². The lowest BCUT2D eigenvalue weighted by atomic mass is 10.1. The molecule has 0 radical (unpaired) electrons. The predicted octanol–water partition coefficient (Wildman–Crippen LogP) is 3.52. The third-order valence-corrected chi connectivity index (χ3v) is 4.23. The highest BCUT2D eigenvalue weighted by Crippen LogP contribution is 2.28. The maximum atomic E-state index is 5.88. The molecule has 1 aromatic heterocycles. The molecule has 3 N–H and O–H groups in total. The van der Waals surface area contributed by atoms with E-state index in [1.54, 1.807) is 11.3 Å². The maximum Gasteiger partial charge on any atom is 0.0802 e. The summed E-state index contributed by atoms with van der Waals surface area (Å²) in [7, 11) is 0. The van der Waals surface area contributed by atoms with Crippen molar-refractivity contribution in [2.45, 2.75) is 19.4 Å². The van der Waals surface area contributed by atoms with Crippen LogP contribution in [0, 0.1) is 0 Å². The number of hydrazine groups is 1. The first kappa shape index (κ1) is 12.6. The quantitative estimate of drug-likeness (QED) is 0.656. The molecule has 1 atom stereocenters. The number of aryl methyl sites for hydroxylation is 1. The fraction of sp³-hybridized carbons (Fsp3) is 0.231. The Hall–Kier alpha value is -0.870.